The summed E-state index contributed by atoms with van der Waals surface area (Å²) in [5.41, 5.74) is 0. The average molecular weight is 334 g/mol. The highest BCUT2D eigenvalue weighted by molar-refractivity contribution is 5.33. The monoisotopic (exact) mass is 334 g/mol. The number of fused-ring (bicyclic) bond motifs is 1. The third kappa shape index (κ3) is 2.77. The van der Waals surface area contributed by atoms with Crippen molar-refractivity contribution in [3.05, 3.63) is 42.4 Å². The van der Waals surface area contributed by atoms with Crippen molar-refractivity contribution in [1.29, 1.82) is 0 Å². The van der Waals surface area contributed by atoms with Crippen LogP contribution in [0.3, 0.4) is 0 Å². The quantitative estimate of drug-likeness (QED) is 0.855. The summed E-state index contributed by atoms with van der Waals surface area (Å²) < 4.78 is 38.4. The molecule has 0 N–H and O–H groups in total. The number of anilines is 1. The number of rotatable bonds is 3. The van der Waals surface area contributed by atoms with Gasteiger partial charge in [0.1, 0.15) is 12.2 Å². The molecular formula is C16H16F2N4O2. The molecule has 8 heteroatoms. The average Bonchev–Trinajstić information content (AvgIpc) is 3.01. The van der Waals surface area contributed by atoms with Crippen LogP contribution < -0.4 is 9.64 Å². The van der Waals surface area contributed by atoms with E-state index in [1.807, 2.05) is 4.90 Å². The van der Waals surface area contributed by atoms with Gasteiger partial charge in [-0.15, -0.1) is 0 Å². The summed E-state index contributed by atoms with van der Waals surface area (Å²) in [6.07, 6.45) is 4.79. The summed E-state index contributed by atoms with van der Waals surface area (Å²) in [6, 6.07) is 2.85. The zero-order valence-electron chi connectivity index (χ0n) is 12.8. The number of aromatic nitrogens is 3. The fourth-order valence-electron chi connectivity index (χ4n) is 3.35. The summed E-state index contributed by atoms with van der Waals surface area (Å²) in [5.74, 6) is -0.501. The van der Waals surface area contributed by atoms with Crippen molar-refractivity contribution in [1.82, 2.24) is 15.0 Å². The Bertz CT molecular complexity index is 715. The second kappa shape index (κ2) is 6.27. The third-order valence-electron chi connectivity index (χ3n) is 4.39. The van der Waals surface area contributed by atoms with E-state index >= 15 is 0 Å². The van der Waals surface area contributed by atoms with Crippen molar-refractivity contribution in [3.8, 4) is 5.88 Å². The van der Waals surface area contributed by atoms with Crippen molar-refractivity contribution in [3.63, 3.8) is 0 Å². The van der Waals surface area contributed by atoms with Gasteiger partial charge in [-0.25, -0.2) is 23.7 Å². The molecule has 2 fully saturated rings. The van der Waals surface area contributed by atoms with Gasteiger partial charge >= 0.3 is 0 Å². The number of hydrogen-bond donors (Lipinski definition) is 0. The highest BCUT2D eigenvalue weighted by atomic mass is 19.1. The van der Waals surface area contributed by atoms with Crippen LogP contribution in [0.1, 0.15) is 12.8 Å². The van der Waals surface area contributed by atoms with Crippen LogP contribution in [0, 0.1) is 11.6 Å². The Morgan fingerprint density at radius 2 is 2.00 bits per heavy atom. The van der Waals surface area contributed by atoms with E-state index in [1.165, 1.54) is 18.3 Å². The molecule has 2 aliphatic rings. The van der Waals surface area contributed by atoms with Gasteiger partial charge in [-0.1, -0.05) is 0 Å². The van der Waals surface area contributed by atoms with E-state index < -0.39 is 11.6 Å². The molecule has 1 saturated heterocycles. The Labute approximate surface area is 137 Å². The molecule has 0 radical (unpaired) electrons. The van der Waals surface area contributed by atoms with Crippen LogP contribution in [-0.4, -0.2) is 46.4 Å². The molecule has 4 rings (SSSR count). The van der Waals surface area contributed by atoms with Gasteiger partial charge in [0.15, 0.2) is 11.6 Å². The van der Waals surface area contributed by atoms with Crippen LogP contribution in [-0.2, 0) is 4.74 Å². The number of hydrogen-bond acceptors (Lipinski definition) is 6. The van der Waals surface area contributed by atoms with Crippen LogP contribution >= 0.6 is 0 Å². The molecule has 0 amide bonds. The minimum atomic E-state index is -0.490. The van der Waals surface area contributed by atoms with E-state index in [-0.39, 0.29) is 24.1 Å². The van der Waals surface area contributed by atoms with Gasteiger partial charge in [0.2, 0.25) is 5.95 Å². The fourth-order valence-corrected chi connectivity index (χ4v) is 3.35. The second-order valence-electron chi connectivity index (χ2n) is 5.82. The smallest absolute Gasteiger partial charge is 0.250 e. The standard InChI is InChI=1S/C16H16F2N4O2/c17-10-8-20-16(21-9-10)22-6-7-23-14-12(22)3-4-13(14)24-15-11(18)2-1-5-19-15/h1-2,5,8-9,12-14H,3-4,6-7H2/t12-,13-,14-/m1/s1. The zero-order valence-corrected chi connectivity index (χ0v) is 12.8. The number of pyridine rings is 1. The second-order valence-corrected chi connectivity index (χ2v) is 5.82. The van der Waals surface area contributed by atoms with Crippen LogP contribution in [0.15, 0.2) is 30.7 Å². The van der Waals surface area contributed by atoms with Crippen LogP contribution in [0.4, 0.5) is 14.7 Å². The van der Waals surface area contributed by atoms with Crippen molar-refractivity contribution < 1.29 is 18.3 Å². The molecule has 2 aromatic heterocycles. The molecule has 6 nitrogen and oxygen atoms in total. The van der Waals surface area contributed by atoms with Gasteiger partial charge in [0, 0.05) is 12.7 Å². The van der Waals surface area contributed by atoms with Crippen LogP contribution in [0.25, 0.3) is 0 Å². The van der Waals surface area contributed by atoms with E-state index in [4.69, 9.17) is 9.47 Å². The summed E-state index contributed by atoms with van der Waals surface area (Å²) in [5, 5.41) is 0. The maximum atomic E-state index is 13.8. The maximum absolute atomic E-state index is 13.8. The minimum absolute atomic E-state index is 0.0121. The van der Waals surface area contributed by atoms with Crippen molar-refractivity contribution in [2.45, 2.75) is 31.1 Å². The Kier molecular flexibility index (Phi) is 3.97. The van der Waals surface area contributed by atoms with Crippen LogP contribution in [0.5, 0.6) is 5.88 Å². The minimum Gasteiger partial charge on any atom is -0.469 e. The van der Waals surface area contributed by atoms with Crippen molar-refractivity contribution >= 4 is 5.95 Å². The lowest BCUT2D eigenvalue weighted by molar-refractivity contribution is -0.0333. The molecule has 0 bridgehead atoms. The lowest BCUT2D eigenvalue weighted by Crippen LogP contribution is -2.53. The predicted molar refractivity (Wildman–Crippen MR) is 80.7 cm³/mol. The van der Waals surface area contributed by atoms with E-state index in [1.54, 1.807) is 0 Å². The largest absolute Gasteiger partial charge is 0.469 e. The molecule has 1 aliphatic carbocycles. The maximum Gasteiger partial charge on any atom is 0.250 e. The molecule has 2 aromatic rings. The van der Waals surface area contributed by atoms with Gasteiger partial charge in [-0.05, 0) is 25.0 Å². The van der Waals surface area contributed by atoms with E-state index in [0.717, 1.165) is 18.8 Å². The van der Waals surface area contributed by atoms with Gasteiger partial charge < -0.3 is 14.4 Å². The molecule has 0 unspecified atom stereocenters. The lowest BCUT2D eigenvalue weighted by Gasteiger charge is -2.38. The number of ether oxygens (including phenoxy) is 2. The molecule has 24 heavy (non-hydrogen) atoms. The van der Waals surface area contributed by atoms with Crippen molar-refractivity contribution in [2.24, 2.45) is 0 Å². The first-order valence-corrected chi connectivity index (χ1v) is 7.85. The molecule has 1 aliphatic heterocycles. The molecule has 3 heterocycles. The Morgan fingerprint density at radius 3 is 2.79 bits per heavy atom. The number of halogens is 2. The molecular weight excluding hydrogens is 318 g/mol. The number of nitrogens with zero attached hydrogens (tertiary/aromatic N) is 4. The van der Waals surface area contributed by atoms with E-state index in [0.29, 0.717) is 25.5 Å². The molecule has 1 saturated carbocycles. The predicted octanol–water partition coefficient (Wildman–Crippen LogP) is 1.97. The van der Waals surface area contributed by atoms with E-state index in [2.05, 4.69) is 15.0 Å². The lowest BCUT2D eigenvalue weighted by atomic mass is 10.1. The Balaban J connectivity index is 1.52. The fraction of sp³-hybridized carbons (Fsp3) is 0.438. The summed E-state index contributed by atoms with van der Waals surface area (Å²) in [6.45, 7) is 1.10. The Morgan fingerprint density at radius 1 is 1.17 bits per heavy atom. The number of morpholine rings is 1. The summed E-state index contributed by atoms with van der Waals surface area (Å²) >= 11 is 0. The van der Waals surface area contributed by atoms with Gasteiger partial charge in [-0.3, -0.25) is 0 Å². The van der Waals surface area contributed by atoms with E-state index in [9.17, 15) is 8.78 Å². The highest BCUT2D eigenvalue weighted by Gasteiger charge is 2.45. The van der Waals surface area contributed by atoms with Gasteiger partial charge in [0.05, 0.1) is 25.0 Å². The Hall–Kier alpha value is -2.35. The first-order chi connectivity index (χ1) is 11.7. The first-order valence-electron chi connectivity index (χ1n) is 7.85. The molecule has 3 atom stereocenters. The first kappa shape index (κ1) is 15.2. The van der Waals surface area contributed by atoms with Crippen LogP contribution in [0.2, 0.25) is 0 Å². The summed E-state index contributed by atoms with van der Waals surface area (Å²) in [7, 11) is 0. The summed E-state index contributed by atoms with van der Waals surface area (Å²) in [4.78, 5) is 14.1. The molecule has 126 valence electrons. The third-order valence-corrected chi connectivity index (χ3v) is 4.39. The topological polar surface area (TPSA) is 60.4 Å². The normalized spacial score (nSPS) is 26.2. The van der Waals surface area contributed by atoms with Crippen molar-refractivity contribution in [2.75, 3.05) is 18.1 Å². The zero-order chi connectivity index (χ0) is 16.5. The highest BCUT2D eigenvalue weighted by Crippen LogP contribution is 2.34. The van der Waals surface area contributed by atoms with Gasteiger partial charge in [-0.2, -0.15) is 0 Å². The molecule has 0 aromatic carbocycles. The molecule has 0 spiro atoms. The van der Waals surface area contributed by atoms with Gasteiger partial charge in [0.25, 0.3) is 5.88 Å². The SMILES string of the molecule is Fc1cnc(N2CCO[C@@H]3[C@H]2CC[C@H]3Oc2ncccc2F)nc1.